The van der Waals surface area contributed by atoms with Gasteiger partial charge in [-0.1, -0.05) is 13.8 Å². The number of anilines is 1. The van der Waals surface area contributed by atoms with Gasteiger partial charge in [-0.25, -0.2) is 14.4 Å². The van der Waals surface area contributed by atoms with Gasteiger partial charge in [-0.05, 0) is 31.0 Å². The molecule has 0 spiro atoms. The lowest BCUT2D eigenvalue weighted by Gasteiger charge is -2.09. The third-order valence-electron chi connectivity index (χ3n) is 5.48. The molecule has 4 aromatic rings. The van der Waals surface area contributed by atoms with E-state index in [-0.39, 0.29) is 24.2 Å². The Morgan fingerprint density at radius 2 is 2.10 bits per heavy atom. The number of rotatable bonds is 6. The van der Waals surface area contributed by atoms with Gasteiger partial charge in [0.15, 0.2) is 22.6 Å². The fourth-order valence-corrected chi connectivity index (χ4v) is 3.53. The maximum atomic E-state index is 14.3. The summed E-state index contributed by atoms with van der Waals surface area (Å²) in [6.07, 6.45) is 4.02. The number of hydrogen-bond donors (Lipinski definition) is 2. The van der Waals surface area contributed by atoms with Crippen LogP contribution in [0.4, 0.5) is 10.2 Å². The zero-order chi connectivity index (χ0) is 21.7. The van der Waals surface area contributed by atoms with Crippen molar-refractivity contribution in [3.63, 3.8) is 0 Å². The quantitative estimate of drug-likeness (QED) is 0.499. The Kier molecular flexibility index (Phi) is 4.60. The smallest absolute Gasteiger partial charge is 0.222 e. The Morgan fingerprint density at radius 1 is 1.29 bits per heavy atom. The topological polar surface area (TPSA) is 89.1 Å². The molecule has 8 nitrogen and oxygen atoms in total. The number of carbonyl (C=O) groups excluding carboxylic acids is 1. The fourth-order valence-electron chi connectivity index (χ4n) is 3.53. The van der Waals surface area contributed by atoms with E-state index < -0.39 is 0 Å². The van der Waals surface area contributed by atoms with Crippen LogP contribution in [-0.4, -0.2) is 36.1 Å². The van der Waals surface area contributed by atoms with Crippen LogP contribution in [0.3, 0.4) is 0 Å². The number of nitrogens with zero attached hydrogens (tertiary/aromatic N) is 5. The van der Waals surface area contributed by atoms with Gasteiger partial charge in [-0.15, -0.1) is 0 Å². The van der Waals surface area contributed by atoms with Crippen LogP contribution in [0.1, 0.15) is 32.3 Å². The standard InChI is InChI=1S/C22H24FN7O/c1-12(2)21(31)24-10-14-8-13(4-7-16(14)23)17-9-18-27-20(26-15-5-6-15)19-22(30(18)28-17)29(3)11-25-19/h4,7-9,11-12,15H,5-6,10H2,1-3H3,(H,24,31)(H,26,27). The van der Waals surface area contributed by atoms with E-state index in [0.717, 1.165) is 35.4 Å². The number of amides is 1. The number of imidazole rings is 1. The molecule has 9 heteroatoms. The zero-order valence-electron chi connectivity index (χ0n) is 17.7. The minimum Gasteiger partial charge on any atom is -0.365 e. The van der Waals surface area contributed by atoms with Gasteiger partial charge in [0.25, 0.3) is 0 Å². The normalized spacial score (nSPS) is 14.0. The van der Waals surface area contributed by atoms with Crippen molar-refractivity contribution in [1.29, 1.82) is 0 Å². The van der Waals surface area contributed by atoms with Gasteiger partial charge in [0.05, 0.1) is 12.0 Å². The monoisotopic (exact) mass is 421 g/mol. The first-order valence-electron chi connectivity index (χ1n) is 10.4. The first-order chi connectivity index (χ1) is 14.9. The number of aromatic nitrogens is 5. The van der Waals surface area contributed by atoms with E-state index in [1.165, 1.54) is 6.07 Å². The molecule has 1 aliphatic carbocycles. The van der Waals surface area contributed by atoms with Crippen LogP contribution < -0.4 is 10.6 Å². The van der Waals surface area contributed by atoms with Gasteiger partial charge < -0.3 is 15.2 Å². The second-order valence-electron chi connectivity index (χ2n) is 8.38. The van der Waals surface area contributed by atoms with E-state index in [2.05, 4.69) is 15.6 Å². The van der Waals surface area contributed by atoms with Gasteiger partial charge in [-0.2, -0.15) is 9.61 Å². The molecule has 0 unspecified atom stereocenters. The Bertz CT molecular complexity index is 1300. The zero-order valence-corrected chi connectivity index (χ0v) is 17.7. The molecule has 0 radical (unpaired) electrons. The second kappa shape index (κ2) is 7.33. The predicted octanol–water partition coefficient (Wildman–Crippen LogP) is 3.27. The first kappa shape index (κ1) is 19.5. The van der Waals surface area contributed by atoms with Crippen LogP contribution in [0.15, 0.2) is 30.6 Å². The highest BCUT2D eigenvalue weighted by Crippen LogP contribution is 2.30. The molecule has 160 valence electrons. The summed E-state index contributed by atoms with van der Waals surface area (Å²) in [6, 6.07) is 7.15. The van der Waals surface area contributed by atoms with Crippen molar-refractivity contribution in [2.24, 2.45) is 13.0 Å². The van der Waals surface area contributed by atoms with E-state index >= 15 is 0 Å². The number of hydrogen-bond acceptors (Lipinski definition) is 5. The molecule has 1 saturated carbocycles. The largest absolute Gasteiger partial charge is 0.365 e. The molecular formula is C22H24FN7O. The number of aryl methyl sites for hydroxylation is 1. The molecule has 0 bridgehead atoms. The summed E-state index contributed by atoms with van der Waals surface area (Å²) in [4.78, 5) is 21.1. The maximum absolute atomic E-state index is 14.3. The van der Waals surface area contributed by atoms with E-state index in [1.54, 1.807) is 36.8 Å². The van der Waals surface area contributed by atoms with Crippen molar-refractivity contribution in [3.05, 3.63) is 42.0 Å². The van der Waals surface area contributed by atoms with Crippen LogP contribution >= 0.6 is 0 Å². The molecule has 0 atom stereocenters. The summed E-state index contributed by atoms with van der Waals surface area (Å²) in [7, 11) is 1.92. The van der Waals surface area contributed by atoms with E-state index in [0.29, 0.717) is 22.9 Å². The molecule has 3 aromatic heterocycles. The van der Waals surface area contributed by atoms with Gasteiger partial charge in [0.1, 0.15) is 5.82 Å². The summed E-state index contributed by atoms with van der Waals surface area (Å²) in [5, 5.41) is 10.9. The SMILES string of the molecule is CC(C)C(=O)NCc1cc(-c2cc3nc(NC4CC4)c4ncn(C)c4n3n2)ccc1F. The van der Waals surface area contributed by atoms with Gasteiger partial charge in [0, 0.05) is 42.7 Å². The summed E-state index contributed by atoms with van der Waals surface area (Å²) in [6.45, 7) is 3.73. The van der Waals surface area contributed by atoms with Crippen molar-refractivity contribution in [3.8, 4) is 11.3 Å². The van der Waals surface area contributed by atoms with Crippen molar-refractivity contribution in [2.45, 2.75) is 39.3 Å². The van der Waals surface area contributed by atoms with E-state index in [1.807, 2.05) is 17.7 Å². The fraction of sp³-hybridized carbons (Fsp3) is 0.364. The summed E-state index contributed by atoms with van der Waals surface area (Å²) in [5.74, 6) is 0.124. The highest BCUT2D eigenvalue weighted by atomic mass is 19.1. The average Bonchev–Trinajstić information content (AvgIpc) is 3.32. The van der Waals surface area contributed by atoms with Crippen LogP contribution in [0.2, 0.25) is 0 Å². The molecule has 3 heterocycles. The van der Waals surface area contributed by atoms with Crippen molar-refractivity contribution < 1.29 is 9.18 Å². The van der Waals surface area contributed by atoms with Crippen molar-refractivity contribution >= 4 is 28.5 Å². The Labute approximate surface area is 178 Å². The lowest BCUT2D eigenvalue weighted by molar-refractivity contribution is -0.124. The van der Waals surface area contributed by atoms with Crippen LogP contribution in [0.25, 0.3) is 28.1 Å². The number of halogens is 1. The molecule has 31 heavy (non-hydrogen) atoms. The van der Waals surface area contributed by atoms with E-state index in [9.17, 15) is 9.18 Å². The summed E-state index contributed by atoms with van der Waals surface area (Å²) in [5.41, 5.74) is 4.15. The Hall–Kier alpha value is -3.49. The maximum Gasteiger partial charge on any atom is 0.222 e. The van der Waals surface area contributed by atoms with Gasteiger partial charge in [0.2, 0.25) is 5.91 Å². The van der Waals surface area contributed by atoms with E-state index in [4.69, 9.17) is 10.1 Å². The van der Waals surface area contributed by atoms with Gasteiger partial charge in [-0.3, -0.25) is 4.79 Å². The molecule has 1 aromatic carbocycles. The van der Waals surface area contributed by atoms with Crippen molar-refractivity contribution in [1.82, 2.24) is 29.5 Å². The van der Waals surface area contributed by atoms with Crippen LogP contribution in [0, 0.1) is 11.7 Å². The summed E-state index contributed by atoms with van der Waals surface area (Å²) >= 11 is 0. The lowest BCUT2D eigenvalue weighted by atomic mass is 10.1. The molecule has 1 amide bonds. The summed E-state index contributed by atoms with van der Waals surface area (Å²) < 4.78 is 18.0. The lowest BCUT2D eigenvalue weighted by Crippen LogP contribution is -2.27. The second-order valence-corrected chi connectivity index (χ2v) is 8.38. The minimum atomic E-state index is -0.361. The number of benzene rings is 1. The number of nitrogens with one attached hydrogen (secondary N) is 2. The molecule has 1 aliphatic rings. The van der Waals surface area contributed by atoms with Crippen LogP contribution in [0.5, 0.6) is 0 Å². The predicted molar refractivity (Wildman–Crippen MR) is 116 cm³/mol. The molecular weight excluding hydrogens is 397 g/mol. The Balaban J connectivity index is 1.54. The molecule has 0 saturated heterocycles. The molecule has 2 N–H and O–H groups in total. The minimum absolute atomic E-state index is 0.115. The van der Waals surface area contributed by atoms with Crippen molar-refractivity contribution in [2.75, 3.05) is 5.32 Å². The van der Waals surface area contributed by atoms with Crippen LogP contribution in [-0.2, 0) is 18.4 Å². The van der Waals surface area contributed by atoms with Gasteiger partial charge >= 0.3 is 0 Å². The third kappa shape index (κ3) is 3.60. The highest BCUT2D eigenvalue weighted by Gasteiger charge is 2.24. The molecule has 5 rings (SSSR count). The average molecular weight is 421 g/mol. The number of carbonyl (C=O) groups is 1. The number of fused-ring (bicyclic) bond motifs is 3. The third-order valence-corrected chi connectivity index (χ3v) is 5.48. The first-order valence-corrected chi connectivity index (χ1v) is 10.4. The highest BCUT2D eigenvalue weighted by molar-refractivity contribution is 5.86. The molecule has 0 aliphatic heterocycles. The molecule has 1 fully saturated rings. The Morgan fingerprint density at radius 3 is 2.84 bits per heavy atom.